The molecule has 1 rings (SSSR count). The van der Waals surface area contributed by atoms with Gasteiger partial charge in [-0.05, 0) is 30.8 Å². The summed E-state index contributed by atoms with van der Waals surface area (Å²) in [5.41, 5.74) is -0.724. The maximum Gasteiger partial charge on any atom is 0.195 e. The van der Waals surface area contributed by atoms with Crippen molar-refractivity contribution in [3.05, 3.63) is 47.1 Å². The van der Waals surface area contributed by atoms with Gasteiger partial charge in [0, 0.05) is 5.56 Å². The molecule has 0 saturated heterocycles. The third kappa shape index (κ3) is 3.79. The molecule has 1 unspecified atom stereocenters. The summed E-state index contributed by atoms with van der Waals surface area (Å²) in [6.45, 7) is 9.16. The first-order chi connectivity index (χ1) is 10.4. The molecule has 0 nitrogen and oxygen atoms in total. The third-order valence-electron chi connectivity index (χ3n) is 3.88. The number of rotatable bonds is 7. The van der Waals surface area contributed by atoms with E-state index in [0.29, 0.717) is 24.3 Å². The molecule has 0 amide bonds. The van der Waals surface area contributed by atoms with Crippen molar-refractivity contribution in [3.63, 3.8) is 0 Å². The van der Waals surface area contributed by atoms with Gasteiger partial charge in [-0.25, -0.2) is 17.6 Å². The van der Waals surface area contributed by atoms with E-state index in [1.54, 1.807) is 6.08 Å². The fraction of sp³-hybridized carbons (Fsp3) is 0.444. The molecule has 0 spiro atoms. The van der Waals surface area contributed by atoms with Crippen molar-refractivity contribution in [2.75, 3.05) is 0 Å². The van der Waals surface area contributed by atoms with Crippen LogP contribution in [0.5, 0.6) is 0 Å². The molecule has 0 aliphatic carbocycles. The smallest absolute Gasteiger partial charge is 0.195 e. The zero-order chi connectivity index (χ0) is 16.9. The average molecular weight is 314 g/mol. The Morgan fingerprint density at radius 2 is 1.68 bits per heavy atom. The van der Waals surface area contributed by atoms with Gasteiger partial charge in [0.25, 0.3) is 0 Å². The van der Waals surface area contributed by atoms with Gasteiger partial charge in [0.15, 0.2) is 17.5 Å². The molecular weight excluding hydrogens is 292 g/mol. The molecule has 122 valence electrons. The van der Waals surface area contributed by atoms with Crippen LogP contribution in [0.3, 0.4) is 0 Å². The Labute approximate surface area is 129 Å². The van der Waals surface area contributed by atoms with Crippen molar-refractivity contribution in [3.8, 4) is 0 Å². The van der Waals surface area contributed by atoms with Crippen molar-refractivity contribution in [2.45, 2.75) is 46.5 Å². The Morgan fingerprint density at radius 3 is 2.18 bits per heavy atom. The van der Waals surface area contributed by atoms with Crippen LogP contribution in [0.25, 0.3) is 11.6 Å². The molecule has 0 aromatic heterocycles. The molecule has 0 heterocycles. The lowest BCUT2D eigenvalue weighted by atomic mass is 9.92. The van der Waals surface area contributed by atoms with Gasteiger partial charge >= 0.3 is 0 Å². The second-order valence-electron chi connectivity index (χ2n) is 5.44. The zero-order valence-electron chi connectivity index (χ0n) is 13.3. The van der Waals surface area contributed by atoms with Gasteiger partial charge in [-0.2, -0.15) is 0 Å². The monoisotopic (exact) mass is 314 g/mol. The molecule has 0 aliphatic heterocycles. The molecule has 0 bridgehead atoms. The van der Waals surface area contributed by atoms with E-state index in [4.69, 9.17) is 0 Å². The normalized spacial score (nSPS) is 13.3. The fourth-order valence-corrected chi connectivity index (χ4v) is 2.29. The summed E-state index contributed by atoms with van der Waals surface area (Å²) in [5, 5.41) is 0. The van der Waals surface area contributed by atoms with Gasteiger partial charge in [-0.3, -0.25) is 0 Å². The molecule has 0 N–H and O–H groups in total. The maximum absolute atomic E-state index is 14.4. The summed E-state index contributed by atoms with van der Waals surface area (Å²) in [4.78, 5) is 0. The van der Waals surface area contributed by atoms with Crippen LogP contribution >= 0.6 is 0 Å². The minimum Gasteiger partial charge on any atom is -0.205 e. The number of halogens is 4. The molecule has 0 radical (unpaired) electrons. The van der Waals surface area contributed by atoms with Crippen molar-refractivity contribution < 1.29 is 17.6 Å². The van der Waals surface area contributed by atoms with Crippen molar-refractivity contribution >= 4 is 11.6 Å². The number of allylic oxidation sites excluding steroid dienone is 2. The second-order valence-corrected chi connectivity index (χ2v) is 5.44. The van der Waals surface area contributed by atoms with E-state index in [1.165, 1.54) is 0 Å². The summed E-state index contributed by atoms with van der Waals surface area (Å²) in [6.07, 6.45) is 5.17. The summed E-state index contributed by atoms with van der Waals surface area (Å²) in [6, 6.07) is 0. The van der Waals surface area contributed by atoms with E-state index in [2.05, 4.69) is 6.58 Å². The molecule has 1 aromatic rings. The largest absolute Gasteiger partial charge is 0.205 e. The number of benzene rings is 1. The van der Waals surface area contributed by atoms with E-state index in [0.717, 1.165) is 18.9 Å². The zero-order valence-corrected chi connectivity index (χ0v) is 13.3. The van der Waals surface area contributed by atoms with Gasteiger partial charge < -0.3 is 0 Å². The van der Waals surface area contributed by atoms with E-state index in [1.807, 2.05) is 20.8 Å². The Bertz CT molecular complexity index is 573. The maximum atomic E-state index is 14.4. The van der Waals surface area contributed by atoms with Crippen LogP contribution in [0.2, 0.25) is 0 Å². The van der Waals surface area contributed by atoms with Crippen LogP contribution in [0.1, 0.15) is 57.6 Å². The first-order valence-corrected chi connectivity index (χ1v) is 7.56. The predicted octanol–water partition coefficient (Wildman–Crippen LogP) is 6.51. The second kappa shape index (κ2) is 8.16. The molecular formula is C18H22F4. The van der Waals surface area contributed by atoms with Gasteiger partial charge in [0.2, 0.25) is 0 Å². The van der Waals surface area contributed by atoms with Gasteiger partial charge in [-0.1, -0.05) is 45.9 Å². The van der Waals surface area contributed by atoms with Crippen LogP contribution in [0.4, 0.5) is 17.6 Å². The highest BCUT2D eigenvalue weighted by Crippen LogP contribution is 2.33. The summed E-state index contributed by atoms with van der Waals surface area (Å²) < 4.78 is 55.8. The molecule has 1 atom stereocenters. The molecule has 0 fully saturated rings. The predicted molar refractivity (Wildman–Crippen MR) is 83.3 cm³/mol. The Morgan fingerprint density at radius 1 is 1.05 bits per heavy atom. The number of hydrogen-bond acceptors (Lipinski definition) is 0. The Hall–Kier alpha value is -1.58. The van der Waals surface area contributed by atoms with E-state index >= 15 is 0 Å². The van der Waals surface area contributed by atoms with Crippen LogP contribution in [-0.4, -0.2) is 0 Å². The topological polar surface area (TPSA) is 0 Å². The minimum atomic E-state index is -1.66. The van der Waals surface area contributed by atoms with Crippen LogP contribution in [0, 0.1) is 29.2 Å². The van der Waals surface area contributed by atoms with E-state index in [-0.39, 0.29) is 0 Å². The molecule has 4 heteroatoms. The van der Waals surface area contributed by atoms with Gasteiger partial charge in [0.05, 0.1) is 5.56 Å². The lowest BCUT2D eigenvalue weighted by molar-refractivity contribution is 0.429. The molecule has 1 aromatic carbocycles. The lowest BCUT2D eigenvalue weighted by Crippen LogP contribution is -2.07. The Balaban J connectivity index is 3.40. The van der Waals surface area contributed by atoms with Crippen molar-refractivity contribution in [1.82, 2.24) is 0 Å². The highest BCUT2D eigenvalue weighted by Gasteiger charge is 2.25. The quantitative estimate of drug-likeness (QED) is 0.306. The van der Waals surface area contributed by atoms with Crippen LogP contribution in [-0.2, 0) is 0 Å². The molecule has 0 aliphatic rings. The Kier molecular flexibility index (Phi) is 6.85. The minimum absolute atomic E-state index is 0.375. The number of hydrogen-bond donors (Lipinski definition) is 0. The molecule has 0 saturated carbocycles. The highest BCUT2D eigenvalue weighted by atomic mass is 19.2. The first-order valence-electron chi connectivity index (χ1n) is 7.56. The molecule has 22 heavy (non-hydrogen) atoms. The third-order valence-corrected chi connectivity index (χ3v) is 3.88. The summed E-state index contributed by atoms with van der Waals surface area (Å²) in [5.74, 6) is -5.36. The van der Waals surface area contributed by atoms with E-state index < -0.39 is 34.4 Å². The van der Waals surface area contributed by atoms with Crippen molar-refractivity contribution in [1.29, 1.82) is 0 Å². The fourth-order valence-electron chi connectivity index (χ4n) is 2.29. The SMILES string of the molecule is C=Cc1c(F)c(F)c(F)c(/C(=C/CC)CCC(C)CC)c1F. The first kappa shape index (κ1) is 18.5. The van der Waals surface area contributed by atoms with Crippen molar-refractivity contribution in [2.24, 2.45) is 5.92 Å². The van der Waals surface area contributed by atoms with Crippen LogP contribution < -0.4 is 0 Å². The van der Waals surface area contributed by atoms with Gasteiger partial charge in [-0.15, -0.1) is 0 Å². The van der Waals surface area contributed by atoms with Crippen LogP contribution in [0.15, 0.2) is 12.7 Å². The van der Waals surface area contributed by atoms with Gasteiger partial charge in [0.1, 0.15) is 5.82 Å². The summed E-state index contributed by atoms with van der Waals surface area (Å²) in [7, 11) is 0. The standard InChI is InChI=1S/C18H22F4/c1-5-8-12(10-9-11(4)6-2)14-15(19)13(7-3)16(20)18(22)17(14)21/h7-8,11H,3,5-6,9-10H2,1-2,4H3/b12-8+. The highest BCUT2D eigenvalue weighted by molar-refractivity contribution is 5.70. The average Bonchev–Trinajstić information content (AvgIpc) is 2.50. The lowest BCUT2D eigenvalue weighted by Gasteiger charge is -2.15. The van der Waals surface area contributed by atoms with E-state index in [9.17, 15) is 17.6 Å². The summed E-state index contributed by atoms with van der Waals surface area (Å²) >= 11 is 0.